The molecule has 2 heterocycles. The van der Waals surface area contributed by atoms with Gasteiger partial charge in [-0.1, -0.05) is 13.0 Å². The Morgan fingerprint density at radius 3 is 2.74 bits per heavy atom. The van der Waals surface area contributed by atoms with Crippen molar-refractivity contribution in [3.8, 4) is 0 Å². The van der Waals surface area contributed by atoms with Crippen molar-refractivity contribution in [3.05, 3.63) is 41.2 Å². The average Bonchev–Trinajstić information content (AvgIpc) is 2.93. The molecule has 27 heavy (non-hydrogen) atoms. The molecule has 3 rings (SSSR count). The van der Waals surface area contributed by atoms with Crippen LogP contribution in [0.4, 0.5) is 0 Å². The summed E-state index contributed by atoms with van der Waals surface area (Å²) in [4.78, 5) is 33.4. The van der Waals surface area contributed by atoms with Crippen molar-refractivity contribution >= 4 is 17.8 Å². The van der Waals surface area contributed by atoms with Crippen LogP contribution in [0.15, 0.2) is 40.7 Å². The van der Waals surface area contributed by atoms with Crippen LogP contribution in [0.25, 0.3) is 0 Å². The fourth-order valence-corrected chi connectivity index (χ4v) is 3.53. The highest BCUT2D eigenvalue weighted by atomic mass is 16.6. The van der Waals surface area contributed by atoms with E-state index in [4.69, 9.17) is 14.5 Å². The van der Waals surface area contributed by atoms with E-state index in [1.165, 1.54) is 0 Å². The Bertz CT molecular complexity index is 747. The number of hydrogen-bond donors (Lipinski definition) is 0. The predicted molar refractivity (Wildman–Crippen MR) is 101 cm³/mol. The Hall–Kier alpha value is -2.50. The second kappa shape index (κ2) is 8.93. The number of carbonyl (C=O) groups excluding carboxylic acids is 2. The maximum absolute atomic E-state index is 12.5. The van der Waals surface area contributed by atoms with Crippen LogP contribution in [0.2, 0.25) is 0 Å². The van der Waals surface area contributed by atoms with Crippen molar-refractivity contribution in [2.45, 2.75) is 58.4 Å². The van der Waals surface area contributed by atoms with Gasteiger partial charge in [0, 0.05) is 24.4 Å². The molecule has 1 aliphatic heterocycles. The fourth-order valence-electron chi connectivity index (χ4n) is 3.53. The van der Waals surface area contributed by atoms with E-state index < -0.39 is 5.97 Å². The van der Waals surface area contributed by atoms with Crippen molar-refractivity contribution in [2.24, 2.45) is 10.9 Å². The normalized spacial score (nSPS) is 24.2. The van der Waals surface area contributed by atoms with Crippen LogP contribution >= 0.6 is 0 Å². The van der Waals surface area contributed by atoms with Crippen LogP contribution in [-0.4, -0.2) is 35.5 Å². The lowest BCUT2D eigenvalue weighted by Crippen LogP contribution is -2.19. The standard InChI is InChI=1S/C21H26N2O4/c1-3-26-19(24)12-17-18(11-15-5-4-10-22-13-15)21(25)27-20(17)23-16-8-6-14(2)7-9-16/h4-5,10,13-14,16H,3,6-9,11-12H2,1-2H3. The van der Waals surface area contributed by atoms with E-state index in [9.17, 15) is 9.59 Å². The first-order valence-electron chi connectivity index (χ1n) is 9.63. The monoisotopic (exact) mass is 370 g/mol. The molecule has 1 saturated carbocycles. The molecule has 1 aliphatic carbocycles. The fraction of sp³-hybridized carbons (Fsp3) is 0.524. The summed E-state index contributed by atoms with van der Waals surface area (Å²) in [6.07, 6.45) is 7.95. The highest BCUT2D eigenvalue weighted by Crippen LogP contribution is 2.30. The summed E-state index contributed by atoms with van der Waals surface area (Å²) in [6.45, 7) is 4.31. The smallest absolute Gasteiger partial charge is 0.341 e. The molecule has 0 aromatic carbocycles. The number of carbonyl (C=O) groups is 2. The molecule has 0 N–H and O–H groups in total. The molecule has 1 aromatic rings. The van der Waals surface area contributed by atoms with E-state index in [0.29, 0.717) is 36.0 Å². The van der Waals surface area contributed by atoms with E-state index in [-0.39, 0.29) is 18.4 Å². The van der Waals surface area contributed by atoms with Crippen molar-refractivity contribution < 1.29 is 19.1 Å². The second-order valence-corrected chi connectivity index (χ2v) is 7.21. The Morgan fingerprint density at radius 2 is 2.07 bits per heavy atom. The average molecular weight is 370 g/mol. The van der Waals surface area contributed by atoms with Crippen LogP contribution in [0.1, 0.15) is 51.5 Å². The molecular weight excluding hydrogens is 344 g/mol. The molecule has 2 aliphatic rings. The molecule has 0 spiro atoms. The number of esters is 2. The molecule has 0 radical (unpaired) electrons. The van der Waals surface area contributed by atoms with E-state index in [2.05, 4.69) is 11.9 Å². The minimum Gasteiger partial charge on any atom is -0.466 e. The molecular formula is C21H26N2O4. The van der Waals surface area contributed by atoms with Gasteiger partial charge in [0.25, 0.3) is 0 Å². The zero-order chi connectivity index (χ0) is 19.2. The van der Waals surface area contributed by atoms with Gasteiger partial charge in [0.2, 0.25) is 5.90 Å². The van der Waals surface area contributed by atoms with E-state index >= 15 is 0 Å². The van der Waals surface area contributed by atoms with E-state index in [1.54, 1.807) is 19.3 Å². The number of ether oxygens (including phenoxy) is 2. The SMILES string of the molecule is CCOC(=O)CC1=C(Cc2cccnc2)C(=O)OC1=NC1CCC(C)CC1. The molecule has 6 heteroatoms. The predicted octanol–water partition coefficient (Wildman–Crippen LogP) is 3.41. The first-order valence-corrected chi connectivity index (χ1v) is 9.63. The van der Waals surface area contributed by atoms with Crippen molar-refractivity contribution in [3.63, 3.8) is 0 Å². The quantitative estimate of drug-likeness (QED) is 0.717. The Labute approximate surface area is 159 Å². The van der Waals surface area contributed by atoms with Crippen LogP contribution in [0.3, 0.4) is 0 Å². The van der Waals surface area contributed by atoms with Gasteiger partial charge in [0.05, 0.1) is 24.6 Å². The van der Waals surface area contributed by atoms with Gasteiger partial charge in [0.15, 0.2) is 0 Å². The number of nitrogens with zero attached hydrogens (tertiary/aromatic N) is 2. The molecule has 144 valence electrons. The Balaban J connectivity index is 1.87. The summed E-state index contributed by atoms with van der Waals surface area (Å²) in [6, 6.07) is 3.85. The van der Waals surface area contributed by atoms with Crippen LogP contribution in [0.5, 0.6) is 0 Å². The van der Waals surface area contributed by atoms with Crippen LogP contribution in [0, 0.1) is 5.92 Å². The number of pyridine rings is 1. The minimum absolute atomic E-state index is 0.00285. The highest BCUT2D eigenvalue weighted by Gasteiger charge is 2.33. The summed E-state index contributed by atoms with van der Waals surface area (Å²) < 4.78 is 10.6. The van der Waals surface area contributed by atoms with Gasteiger partial charge in [-0.15, -0.1) is 0 Å². The van der Waals surface area contributed by atoms with Gasteiger partial charge in [-0.3, -0.25) is 9.78 Å². The molecule has 6 nitrogen and oxygen atoms in total. The number of hydrogen-bond acceptors (Lipinski definition) is 6. The third kappa shape index (κ3) is 5.02. The number of rotatable bonds is 6. The summed E-state index contributed by atoms with van der Waals surface area (Å²) >= 11 is 0. The van der Waals surface area contributed by atoms with Crippen molar-refractivity contribution in [2.75, 3.05) is 6.61 Å². The lowest BCUT2D eigenvalue weighted by Gasteiger charge is -2.23. The summed E-state index contributed by atoms with van der Waals surface area (Å²) in [7, 11) is 0. The zero-order valence-corrected chi connectivity index (χ0v) is 15.9. The summed E-state index contributed by atoms with van der Waals surface area (Å²) in [5.74, 6) is 0.204. The lowest BCUT2D eigenvalue weighted by molar-refractivity contribution is -0.142. The van der Waals surface area contributed by atoms with Crippen LogP contribution < -0.4 is 0 Å². The van der Waals surface area contributed by atoms with Gasteiger partial charge in [0.1, 0.15) is 0 Å². The summed E-state index contributed by atoms with van der Waals surface area (Å²) in [5.41, 5.74) is 1.92. The minimum atomic E-state index is -0.430. The third-order valence-electron chi connectivity index (χ3n) is 5.07. The molecule has 1 aromatic heterocycles. The van der Waals surface area contributed by atoms with Crippen LogP contribution in [-0.2, 0) is 25.5 Å². The maximum Gasteiger partial charge on any atom is 0.341 e. The Morgan fingerprint density at radius 1 is 1.30 bits per heavy atom. The molecule has 0 amide bonds. The van der Waals surface area contributed by atoms with Gasteiger partial charge in [-0.25, -0.2) is 9.79 Å². The summed E-state index contributed by atoms with van der Waals surface area (Å²) in [5, 5.41) is 0. The molecule has 1 fully saturated rings. The second-order valence-electron chi connectivity index (χ2n) is 7.21. The lowest BCUT2D eigenvalue weighted by atomic mass is 9.87. The third-order valence-corrected chi connectivity index (χ3v) is 5.07. The number of cyclic esters (lactones) is 1. The molecule has 0 atom stereocenters. The largest absolute Gasteiger partial charge is 0.466 e. The molecule has 0 saturated heterocycles. The van der Waals surface area contributed by atoms with E-state index in [1.807, 2.05) is 12.1 Å². The van der Waals surface area contributed by atoms with Gasteiger partial charge in [-0.2, -0.15) is 0 Å². The topological polar surface area (TPSA) is 77.8 Å². The first-order chi connectivity index (χ1) is 13.1. The van der Waals surface area contributed by atoms with Gasteiger partial charge in [-0.05, 0) is 50.2 Å². The van der Waals surface area contributed by atoms with Crippen molar-refractivity contribution in [1.29, 1.82) is 0 Å². The molecule has 0 bridgehead atoms. The van der Waals surface area contributed by atoms with Gasteiger partial charge < -0.3 is 9.47 Å². The highest BCUT2D eigenvalue weighted by molar-refractivity contribution is 6.16. The Kier molecular flexibility index (Phi) is 6.37. The zero-order valence-electron chi connectivity index (χ0n) is 15.9. The van der Waals surface area contributed by atoms with Crippen molar-refractivity contribution in [1.82, 2.24) is 4.98 Å². The number of aromatic nitrogens is 1. The van der Waals surface area contributed by atoms with Gasteiger partial charge >= 0.3 is 11.9 Å². The first kappa shape index (κ1) is 19.3. The maximum atomic E-state index is 12.5. The molecule has 0 unspecified atom stereocenters. The number of aliphatic imine (C=N–C) groups is 1. The van der Waals surface area contributed by atoms with E-state index in [0.717, 1.165) is 31.2 Å².